The highest BCUT2D eigenvalue weighted by atomic mass is 32.2. The highest BCUT2D eigenvalue weighted by Crippen LogP contribution is 2.42. The van der Waals surface area contributed by atoms with E-state index >= 15 is 0 Å². The second-order valence-corrected chi connectivity index (χ2v) is 9.57. The van der Waals surface area contributed by atoms with Crippen LogP contribution in [0, 0.1) is 5.82 Å². The van der Waals surface area contributed by atoms with Gasteiger partial charge in [0.1, 0.15) is 5.82 Å². The third-order valence-corrected chi connectivity index (χ3v) is 7.36. The summed E-state index contributed by atoms with van der Waals surface area (Å²) < 4.78 is 21.2. The molecule has 0 radical (unpaired) electrons. The van der Waals surface area contributed by atoms with Gasteiger partial charge in [-0.25, -0.2) is 4.39 Å². The minimum absolute atomic E-state index is 0.0363. The molecule has 0 spiro atoms. The van der Waals surface area contributed by atoms with Gasteiger partial charge in [-0.05, 0) is 48.1 Å². The molecule has 4 rings (SSSR count). The molecule has 0 unspecified atom stereocenters. The van der Waals surface area contributed by atoms with E-state index in [0.29, 0.717) is 38.0 Å². The molecule has 1 N–H and O–H groups in total. The van der Waals surface area contributed by atoms with Crippen LogP contribution in [0.4, 0.5) is 10.1 Å². The van der Waals surface area contributed by atoms with Crippen LogP contribution in [0.15, 0.2) is 32.7 Å². The van der Waals surface area contributed by atoms with E-state index in [-0.39, 0.29) is 17.8 Å². The molecule has 1 aromatic carbocycles. The molecule has 7 heteroatoms. The number of ether oxygens (including phenoxy) is 1. The first-order valence-electron chi connectivity index (χ1n) is 9.05. The summed E-state index contributed by atoms with van der Waals surface area (Å²) in [6.07, 6.45) is 2.19. The van der Waals surface area contributed by atoms with Gasteiger partial charge < -0.3 is 14.7 Å². The van der Waals surface area contributed by atoms with Gasteiger partial charge in [0.05, 0.1) is 28.2 Å². The normalized spacial score (nSPS) is 25.6. The van der Waals surface area contributed by atoms with Crippen molar-refractivity contribution in [1.29, 1.82) is 0 Å². The Bertz CT molecular complexity index is 884. The van der Waals surface area contributed by atoms with Crippen molar-refractivity contribution in [3.05, 3.63) is 40.5 Å². The maximum Gasteiger partial charge on any atom is 0.227 e. The lowest BCUT2D eigenvalue weighted by Crippen LogP contribution is -2.37. The number of halogens is 1. The first-order chi connectivity index (χ1) is 12.9. The lowest BCUT2D eigenvalue weighted by Gasteiger charge is -2.35. The van der Waals surface area contributed by atoms with E-state index < -0.39 is 5.60 Å². The van der Waals surface area contributed by atoms with Crippen molar-refractivity contribution in [1.82, 2.24) is 0 Å². The molecule has 2 atom stereocenters. The van der Waals surface area contributed by atoms with E-state index in [1.165, 1.54) is 22.7 Å². The minimum Gasteiger partial charge on any atom is -0.385 e. The SMILES string of the molecule is C[C@H]1C[C@@](O)(c2csc(Sc3cc(F)c4c(c3)CCC(=O)N4C)c2)CCO1. The van der Waals surface area contributed by atoms with Gasteiger partial charge in [-0.15, -0.1) is 11.3 Å². The van der Waals surface area contributed by atoms with Crippen molar-refractivity contribution < 1.29 is 19.0 Å². The molecule has 4 nitrogen and oxygen atoms in total. The largest absolute Gasteiger partial charge is 0.385 e. The maximum atomic E-state index is 14.6. The molecule has 1 fully saturated rings. The zero-order valence-corrected chi connectivity index (χ0v) is 17.0. The Hall–Kier alpha value is -1.41. The second-order valence-electron chi connectivity index (χ2n) is 7.29. The topological polar surface area (TPSA) is 49.8 Å². The van der Waals surface area contributed by atoms with Gasteiger partial charge in [0.2, 0.25) is 5.91 Å². The number of aliphatic hydroxyl groups is 1. The quantitative estimate of drug-likeness (QED) is 0.823. The number of rotatable bonds is 3. The van der Waals surface area contributed by atoms with Crippen LogP contribution in [0.1, 0.15) is 37.3 Å². The predicted molar refractivity (Wildman–Crippen MR) is 105 cm³/mol. The zero-order chi connectivity index (χ0) is 19.2. The Morgan fingerprint density at radius 1 is 1.37 bits per heavy atom. The van der Waals surface area contributed by atoms with Crippen molar-refractivity contribution in [2.24, 2.45) is 0 Å². The van der Waals surface area contributed by atoms with Crippen molar-refractivity contribution in [3.63, 3.8) is 0 Å². The molecule has 3 heterocycles. The van der Waals surface area contributed by atoms with Crippen LogP contribution in [-0.2, 0) is 21.6 Å². The van der Waals surface area contributed by atoms with Crippen LogP contribution < -0.4 is 4.90 Å². The smallest absolute Gasteiger partial charge is 0.227 e. The fraction of sp³-hybridized carbons (Fsp3) is 0.450. The second kappa shape index (κ2) is 7.20. The van der Waals surface area contributed by atoms with Crippen LogP contribution in [0.25, 0.3) is 0 Å². The zero-order valence-electron chi connectivity index (χ0n) is 15.3. The van der Waals surface area contributed by atoms with Crippen molar-refractivity contribution >= 4 is 34.7 Å². The number of fused-ring (bicyclic) bond motifs is 1. The molecule has 1 amide bonds. The fourth-order valence-electron chi connectivity index (χ4n) is 3.85. The van der Waals surface area contributed by atoms with Gasteiger partial charge in [0.15, 0.2) is 0 Å². The van der Waals surface area contributed by atoms with Crippen LogP contribution in [-0.4, -0.2) is 30.8 Å². The highest BCUT2D eigenvalue weighted by Gasteiger charge is 2.35. The Kier molecular flexibility index (Phi) is 5.05. The van der Waals surface area contributed by atoms with Gasteiger partial charge in [-0.3, -0.25) is 4.79 Å². The van der Waals surface area contributed by atoms with Crippen LogP contribution in [0.2, 0.25) is 0 Å². The molecular formula is C20H22FNO3S2. The number of amides is 1. The van der Waals surface area contributed by atoms with Crippen molar-refractivity contribution in [3.8, 4) is 0 Å². The number of nitrogens with zero attached hydrogens (tertiary/aromatic N) is 1. The molecular weight excluding hydrogens is 385 g/mol. The molecule has 1 saturated heterocycles. The number of hydrogen-bond donors (Lipinski definition) is 1. The molecule has 2 aliphatic heterocycles. The van der Waals surface area contributed by atoms with Crippen molar-refractivity contribution in [2.45, 2.75) is 53.4 Å². The maximum absolute atomic E-state index is 14.6. The lowest BCUT2D eigenvalue weighted by atomic mass is 9.86. The highest BCUT2D eigenvalue weighted by molar-refractivity contribution is 8.01. The minimum atomic E-state index is -0.850. The van der Waals surface area contributed by atoms with Gasteiger partial charge in [0, 0.05) is 31.2 Å². The third kappa shape index (κ3) is 3.66. The first kappa shape index (κ1) is 18.9. The Balaban J connectivity index is 1.56. The number of carbonyl (C=O) groups is 1. The molecule has 1 aromatic heterocycles. The summed E-state index contributed by atoms with van der Waals surface area (Å²) in [5.74, 6) is -0.414. The van der Waals surface area contributed by atoms with E-state index in [2.05, 4.69) is 0 Å². The molecule has 27 heavy (non-hydrogen) atoms. The van der Waals surface area contributed by atoms with E-state index in [1.807, 2.05) is 24.4 Å². The molecule has 0 aliphatic carbocycles. The van der Waals surface area contributed by atoms with Gasteiger partial charge in [-0.1, -0.05) is 11.8 Å². The summed E-state index contributed by atoms with van der Waals surface area (Å²) in [6.45, 7) is 2.53. The Labute approximate surface area is 166 Å². The third-order valence-electron chi connectivity index (χ3n) is 5.31. The Morgan fingerprint density at radius 3 is 2.96 bits per heavy atom. The van der Waals surface area contributed by atoms with Gasteiger partial charge in [0.25, 0.3) is 0 Å². The number of thiophene rings is 1. The number of benzene rings is 1. The average molecular weight is 408 g/mol. The fourth-order valence-corrected chi connectivity index (χ4v) is 5.98. The predicted octanol–water partition coefficient (Wildman–Crippen LogP) is 4.33. The van der Waals surface area contributed by atoms with E-state index in [4.69, 9.17) is 4.74 Å². The average Bonchev–Trinajstić information content (AvgIpc) is 3.07. The first-order valence-corrected chi connectivity index (χ1v) is 10.8. The van der Waals surface area contributed by atoms with Crippen LogP contribution in [0.3, 0.4) is 0 Å². The van der Waals surface area contributed by atoms with Gasteiger partial charge in [-0.2, -0.15) is 0 Å². The van der Waals surface area contributed by atoms with Crippen molar-refractivity contribution in [2.75, 3.05) is 18.6 Å². The standard InChI is InChI=1S/C20H22FNO3S2/c1-12-10-20(24,5-6-25-12)14-8-18(26-11-14)27-15-7-13-3-4-17(23)22(2)19(13)16(21)9-15/h7-9,11-12,24H,3-6,10H2,1-2H3/t12-,20+/m0/s1. The summed E-state index contributed by atoms with van der Waals surface area (Å²) in [7, 11) is 1.62. The summed E-state index contributed by atoms with van der Waals surface area (Å²) in [5, 5.41) is 13.0. The summed E-state index contributed by atoms with van der Waals surface area (Å²) in [6, 6.07) is 5.46. The summed E-state index contributed by atoms with van der Waals surface area (Å²) >= 11 is 3.05. The van der Waals surface area contributed by atoms with Gasteiger partial charge >= 0.3 is 0 Å². The monoisotopic (exact) mass is 407 g/mol. The lowest BCUT2D eigenvalue weighted by molar-refractivity contribution is -0.118. The molecule has 2 aromatic rings. The molecule has 0 saturated carbocycles. The van der Waals surface area contributed by atoms with Crippen LogP contribution >= 0.6 is 23.1 Å². The number of carbonyl (C=O) groups excluding carboxylic acids is 1. The summed E-state index contributed by atoms with van der Waals surface area (Å²) in [4.78, 5) is 14.0. The number of anilines is 1. The molecule has 144 valence electrons. The number of hydrogen-bond acceptors (Lipinski definition) is 5. The van der Waals surface area contributed by atoms with E-state index in [0.717, 1.165) is 20.2 Å². The van der Waals surface area contributed by atoms with Crippen LogP contribution in [0.5, 0.6) is 0 Å². The van der Waals surface area contributed by atoms with E-state index in [9.17, 15) is 14.3 Å². The summed E-state index contributed by atoms with van der Waals surface area (Å²) in [5.41, 5.74) is 1.33. The molecule has 0 bridgehead atoms. The Morgan fingerprint density at radius 2 is 2.19 bits per heavy atom. The molecule has 2 aliphatic rings. The number of aryl methyl sites for hydroxylation is 1. The van der Waals surface area contributed by atoms with E-state index in [1.54, 1.807) is 18.4 Å².